The lowest BCUT2D eigenvalue weighted by Gasteiger charge is -2.06. The number of rotatable bonds is 4. The van der Waals surface area contributed by atoms with Crippen molar-refractivity contribution in [3.63, 3.8) is 0 Å². The number of nitrogens with one attached hydrogen (secondary N) is 1. The predicted octanol–water partition coefficient (Wildman–Crippen LogP) is 4.43. The summed E-state index contributed by atoms with van der Waals surface area (Å²) in [5, 5.41) is 5.48. The number of hydrogen-bond donors (Lipinski definition) is 1. The standard InChI is InChI=1S/C15H14Cl2N2/c1-11-5-2-3-6-12(11)9-18-19-10-13-14(16)7-4-8-15(13)17/h2-9,19H,10H2,1H3/b18-9+. The molecule has 0 unspecified atom stereocenters. The largest absolute Gasteiger partial charge is 0.306 e. The molecule has 0 aliphatic rings. The van der Waals surface area contributed by atoms with Crippen molar-refractivity contribution in [3.8, 4) is 0 Å². The fourth-order valence-electron chi connectivity index (χ4n) is 1.67. The third kappa shape index (κ3) is 3.72. The third-order valence-electron chi connectivity index (χ3n) is 2.80. The topological polar surface area (TPSA) is 24.4 Å². The third-order valence-corrected chi connectivity index (χ3v) is 3.51. The van der Waals surface area contributed by atoms with Gasteiger partial charge in [-0.3, -0.25) is 0 Å². The molecule has 0 atom stereocenters. The molecule has 0 radical (unpaired) electrons. The molecule has 4 heteroatoms. The summed E-state index contributed by atoms with van der Waals surface area (Å²) < 4.78 is 0. The van der Waals surface area contributed by atoms with E-state index in [4.69, 9.17) is 23.2 Å². The molecule has 1 N–H and O–H groups in total. The second-order valence-corrected chi connectivity index (χ2v) is 4.96. The van der Waals surface area contributed by atoms with Crippen LogP contribution in [0.15, 0.2) is 47.6 Å². The minimum Gasteiger partial charge on any atom is -0.306 e. The van der Waals surface area contributed by atoms with E-state index in [1.807, 2.05) is 49.4 Å². The molecule has 0 fully saturated rings. The van der Waals surface area contributed by atoms with Gasteiger partial charge in [0.25, 0.3) is 0 Å². The zero-order valence-corrected chi connectivity index (χ0v) is 12.0. The Balaban J connectivity index is 1.99. The maximum absolute atomic E-state index is 6.07. The summed E-state index contributed by atoms with van der Waals surface area (Å²) in [5.74, 6) is 0. The van der Waals surface area contributed by atoms with E-state index in [1.165, 1.54) is 5.56 Å². The van der Waals surface area contributed by atoms with E-state index >= 15 is 0 Å². The number of hydrazone groups is 1. The van der Waals surface area contributed by atoms with Gasteiger partial charge in [-0.2, -0.15) is 5.10 Å². The summed E-state index contributed by atoms with van der Waals surface area (Å²) in [7, 11) is 0. The highest BCUT2D eigenvalue weighted by Gasteiger charge is 2.03. The van der Waals surface area contributed by atoms with Gasteiger partial charge in [0.05, 0.1) is 12.8 Å². The van der Waals surface area contributed by atoms with Gasteiger partial charge < -0.3 is 5.43 Å². The molecule has 2 rings (SSSR count). The maximum atomic E-state index is 6.07. The van der Waals surface area contributed by atoms with Crippen molar-refractivity contribution in [2.75, 3.05) is 0 Å². The van der Waals surface area contributed by atoms with Crippen LogP contribution in [0.3, 0.4) is 0 Å². The summed E-state index contributed by atoms with van der Waals surface area (Å²) in [6, 6.07) is 13.5. The number of benzene rings is 2. The Morgan fingerprint density at radius 1 is 1.05 bits per heavy atom. The Bertz CT molecular complexity index is 574. The first-order chi connectivity index (χ1) is 9.18. The zero-order valence-electron chi connectivity index (χ0n) is 10.5. The molecule has 0 saturated carbocycles. The van der Waals surface area contributed by atoms with Gasteiger partial charge in [0.1, 0.15) is 0 Å². The van der Waals surface area contributed by atoms with E-state index in [0.29, 0.717) is 16.6 Å². The summed E-state index contributed by atoms with van der Waals surface area (Å²) in [5.41, 5.74) is 6.08. The molecule has 0 aromatic heterocycles. The van der Waals surface area contributed by atoms with Crippen molar-refractivity contribution >= 4 is 29.4 Å². The van der Waals surface area contributed by atoms with Crippen LogP contribution in [0, 0.1) is 6.92 Å². The van der Waals surface area contributed by atoms with Crippen LogP contribution in [0.5, 0.6) is 0 Å². The number of halogens is 2. The van der Waals surface area contributed by atoms with E-state index < -0.39 is 0 Å². The number of nitrogens with zero attached hydrogens (tertiary/aromatic N) is 1. The first-order valence-corrected chi connectivity index (χ1v) is 6.68. The fraction of sp³-hybridized carbons (Fsp3) is 0.133. The second-order valence-electron chi connectivity index (χ2n) is 4.15. The Morgan fingerprint density at radius 3 is 2.42 bits per heavy atom. The van der Waals surface area contributed by atoms with Crippen LogP contribution in [-0.4, -0.2) is 6.21 Å². The van der Waals surface area contributed by atoms with Gasteiger partial charge in [-0.05, 0) is 30.2 Å². The van der Waals surface area contributed by atoms with Crippen molar-refractivity contribution in [1.29, 1.82) is 0 Å². The normalized spacial score (nSPS) is 10.9. The van der Waals surface area contributed by atoms with E-state index in [-0.39, 0.29) is 0 Å². The van der Waals surface area contributed by atoms with Gasteiger partial charge in [0, 0.05) is 15.6 Å². The van der Waals surface area contributed by atoms with Crippen molar-refractivity contribution in [1.82, 2.24) is 5.43 Å². The lowest BCUT2D eigenvalue weighted by Crippen LogP contribution is -2.06. The van der Waals surface area contributed by atoms with Crippen LogP contribution in [-0.2, 0) is 6.54 Å². The van der Waals surface area contributed by atoms with Crippen LogP contribution in [0.2, 0.25) is 10.0 Å². The summed E-state index contributed by atoms with van der Waals surface area (Å²) >= 11 is 12.1. The molecule has 0 heterocycles. The van der Waals surface area contributed by atoms with Crippen molar-refractivity contribution < 1.29 is 0 Å². The van der Waals surface area contributed by atoms with Gasteiger partial charge in [-0.1, -0.05) is 53.5 Å². The molecule has 0 aliphatic carbocycles. The maximum Gasteiger partial charge on any atom is 0.0609 e. The Morgan fingerprint density at radius 2 is 1.74 bits per heavy atom. The SMILES string of the molecule is Cc1ccccc1/C=N/NCc1c(Cl)cccc1Cl. The monoisotopic (exact) mass is 292 g/mol. The number of aryl methyl sites for hydroxylation is 1. The van der Waals surface area contributed by atoms with Gasteiger partial charge >= 0.3 is 0 Å². The highest BCUT2D eigenvalue weighted by atomic mass is 35.5. The molecular formula is C15H14Cl2N2. The van der Waals surface area contributed by atoms with Crippen molar-refractivity contribution in [2.45, 2.75) is 13.5 Å². The molecule has 19 heavy (non-hydrogen) atoms. The summed E-state index contributed by atoms with van der Waals surface area (Å²) in [4.78, 5) is 0. The van der Waals surface area contributed by atoms with E-state index in [1.54, 1.807) is 6.21 Å². The first-order valence-electron chi connectivity index (χ1n) is 5.93. The minimum atomic E-state index is 0.501. The predicted molar refractivity (Wildman–Crippen MR) is 82.1 cm³/mol. The summed E-state index contributed by atoms with van der Waals surface area (Å²) in [6.07, 6.45) is 1.79. The average molecular weight is 293 g/mol. The van der Waals surface area contributed by atoms with Crippen LogP contribution in [0.4, 0.5) is 0 Å². The Labute approximate surface area is 123 Å². The second kappa shape index (κ2) is 6.60. The quantitative estimate of drug-likeness (QED) is 0.654. The van der Waals surface area contributed by atoms with E-state index in [9.17, 15) is 0 Å². The lowest BCUT2D eigenvalue weighted by molar-refractivity contribution is 0.748. The van der Waals surface area contributed by atoms with Crippen LogP contribution < -0.4 is 5.43 Å². The van der Waals surface area contributed by atoms with Crippen molar-refractivity contribution in [2.24, 2.45) is 5.10 Å². The fourth-order valence-corrected chi connectivity index (χ4v) is 2.20. The van der Waals surface area contributed by atoms with Crippen LogP contribution >= 0.6 is 23.2 Å². The molecule has 0 aliphatic heterocycles. The number of hydrogen-bond acceptors (Lipinski definition) is 2. The molecule has 0 spiro atoms. The smallest absolute Gasteiger partial charge is 0.0609 e. The molecule has 2 aromatic carbocycles. The first kappa shape index (κ1) is 13.9. The molecule has 2 nitrogen and oxygen atoms in total. The van der Waals surface area contributed by atoms with Gasteiger partial charge in [-0.25, -0.2) is 0 Å². The summed E-state index contributed by atoms with van der Waals surface area (Å²) in [6.45, 7) is 2.55. The molecule has 0 bridgehead atoms. The molecule has 2 aromatic rings. The Hall–Kier alpha value is -1.51. The van der Waals surface area contributed by atoms with E-state index in [0.717, 1.165) is 11.1 Å². The Kier molecular flexibility index (Phi) is 4.83. The van der Waals surface area contributed by atoms with Gasteiger partial charge in [-0.15, -0.1) is 0 Å². The molecule has 0 saturated heterocycles. The van der Waals surface area contributed by atoms with Gasteiger partial charge in [0.15, 0.2) is 0 Å². The van der Waals surface area contributed by atoms with Crippen molar-refractivity contribution in [3.05, 3.63) is 69.2 Å². The minimum absolute atomic E-state index is 0.501. The van der Waals surface area contributed by atoms with E-state index in [2.05, 4.69) is 10.5 Å². The average Bonchev–Trinajstić information content (AvgIpc) is 2.39. The molecular weight excluding hydrogens is 279 g/mol. The van der Waals surface area contributed by atoms with Crippen LogP contribution in [0.25, 0.3) is 0 Å². The highest BCUT2D eigenvalue weighted by Crippen LogP contribution is 2.23. The zero-order chi connectivity index (χ0) is 13.7. The van der Waals surface area contributed by atoms with Crippen LogP contribution in [0.1, 0.15) is 16.7 Å². The molecule has 0 amide bonds. The highest BCUT2D eigenvalue weighted by molar-refractivity contribution is 6.35. The van der Waals surface area contributed by atoms with Gasteiger partial charge in [0.2, 0.25) is 0 Å². The lowest BCUT2D eigenvalue weighted by atomic mass is 10.1. The molecule has 98 valence electrons.